The van der Waals surface area contributed by atoms with Crippen LogP contribution in [0, 0.1) is 0 Å². The Bertz CT molecular complexity index is 306. The molecule has 2 aliphatic heterocycles. The molecular formula is C18H35BrN2O2. The van der Waals surface area contributed by atoms with Gasteiger partial charge in [0.2, 0.25) is 0 Å². The number of aldehydes is 2. The van der Waals surface area contributed by atoms with Crippen LogP contribution >= 0.6 is 15.9 Å². The molecule has 1 N–H and O–H groups in total. The standard InChI is InChI=1S/C9H17NO.C5H11N.C4H7BrO/c1-9(2,8-11)10-6-4-3-5-7-10;1-2-4-6-5-3-1;1-4(2,5)3-6/h8H,3-7H2,1-2H3;6H,1-5H2;3H,1-2H3. The fourth-order valence-corrected chi connectivity index (χ4v) is 2.35. The van der Waals surface area contributed by atoms with Crippen LogP contribution < -0.4 is 5.32 Å². The van der Waals surface area contributed by atoms with Crippen molar-refractivity contribution >= 4 is 28.5 Å². The summed E-state index contributed by atoms with van der Waals surface area (Å²) in [6.07, 6.45) is 9.94. The molecule has 2 saturated heterocycles. The molecule has 0 amide bonds. The van der Waals surface area contributed by atoms with E-state index < -0.39 is 0 Å². The van der Waals surface area contributed by atoms with Gasteiger partial charge >= 0.3 is 0 Å². The van der Waals surface area contributed by atoms with Crippen molar-refractivity contribution in [3.05, 3.63) is 0 Å². The van der Waals surface area contributed by atoms with E-state index in [4.69, 9.17) is 0 Å². The molecule has 2 heterocycles. The van der Waals surface area contributed by atoms with Crippen LogP contribution in [0.4, 0.5) is 0 Å². The minimum atomic E-state index is -0.326. The van der Waals surface area contributed by atoms with Gasteiger partial charge in [0.05, 0.1) is 9.86 Å². The Labute approximate surface area is 150 Å². The Morgan fingerprint density at radius 3 is 1.52 bits per heavy atom. The summed E-state index contributed by atoms with van der Waals surface area (Å²) in [5.74, 6) is 0. The molecule has 2 rings (SSSR count). The van der Waals surface area contributed by atoms with Crippen molar-refractivity contribution in [2.45, 2.75) is 76.1 Å². The second-order valence-electron chi connectivity index (χ2n) is 7.31. The van der Waals surface area contributed by atoms with Crippen LogP contribution in [0.3, 0.4) is 0 Å². The van der Waals surface area contributed by atoms with Gasteiger partial charge < -0.3 is 14.9 Å². The molecule has 0 aromatic carbocycles. The topological polar surface area (TPSA) is 49.4 Å². The summed E-state index contributed by atoms with van der Waals surface area (Å²) >= 11 is 3.11. The first kappa shape index (κ1) is 22.7. The highest BCUT2D eigenvalue weighted by molar-refractivity contribution is 9.10. The van der Waals surface area contributed by atoms with E-state index in [1.165, 1.54) is 51.6 Å². The van der Waals surface area contributed by atoms with Crippen LogP contribution in [0.2, 0.25) is 0 Å². The number of alkyl halides is 1. The molecule has 0 radical (unpaired) electrons. The van der Waals surface area contributed by atoms with E-state index in [1.807, 2.05) is 13.8 Å². The van der Waals surface area contributed by atoms with Gasteiger partial charge in [-0.1, -0.05) is 28.8 Å². The minimum Gasteiger partial charge on any atom is -0.317 e. The molecule has 23 heavy (non-hydrogen) atoms. The van der Waals surface area contributed by atoms with Gasteiger partial charge in [0.15, 0.2) is 0 Å². The lowest BCUT2D eigenvalue weighted by Crippen LogP contribution is -2.47. The molecule has 0 atom stereocenters. The Morgan fingerprint density at radius 2 is 1.26 bits per heavy atom. The van der Waals surface area contributed by atoms with Crippen LogP contribution in [-0.4, -0.2) is 53.5 Å². The molecule has 136 valence electrons. The molecule has 5 heteroatoms. The van der Waals surface area contributed by atoms with E-state index in [9.17, 15) is 9.59 Å². The molecule has 0 bridgehead atoms. The van der Waals surface area contributed by atoms with E-state index in [2.05, 4.69) is 26.1 Å². The van der Waals surface area contributed by atoms with Crippen LogP contribution in [0.15, 0.2) is 0 Å². The molecule has 0 aromatic rings. The highest BCUT2D eigenvalue weighted by Gasteiger charge is 2.26. The normalized spacial score (nSPS) is 19.5. The number of hydrogen-bond acceptors (Lipinski definition) is 4. The summed E-state index contributed by atoms with van der Waals surface area (Å²) in [4.78, 5) is 22.7. The van der Waals surface area contributed by atoms with Gasteiger partial charge in [-0.3, -0.25) is 4.90 Å². The van der Waals surface area contributed by atoms with Crippen molar-refractivity contribution in [3.8, 4) is 0 Å². The third-order valence-electron chi connectivity index (χ3n) is 3.95. The number of hydrogen-bond donors (Lipinski definition) is 1. The van der Waals surface area contributed by atoms with E-state index in [1.54, 1.807) is 13.8 Å². The Balaban J connectivity index is 0.000000344. The van der Waals surface area contributed by atoms with Gasteiger partial charge in [0.1, 0.15) is 12.6 Å². The van der Waals surface area contributed by atoms with E-state index in [0.717, 1.165) is 25.7 Å². The van der Waals surface area contributed by atoms with Gasteiger partial charge in [0.25, 0.3) is 0 Å². The number of carbonyl (C=O) groups is 2. The quantitative estimate of drug-likeness (QED) is 0.590. The summed E-state index contributed by atoms with van der Waals surface area (Å²) in [6.45, 7) is 12.2. The molecule has 2 fully saturated rings. The summed E-state index contributed by atoms with van der Waals surface area (Å²) in [5, 5.41) is 3.28. The first-order valence-corrected chi connectivity index (χ1v) is 9.59. The highest BCUT2D eigenvalue weighted by Crippen LogP contribution is 2.18. The van der Waals surface area contributed by atoms with Crippen molar-refractivity contribution in [1.82, 2.24) is 10.2 Å². The average Bonchev–Trinajstić information content (AvgIpc) is 2.58. The van der Waals surface area contributed by atoms with Crippen molar-refractivity contribution < 1.29 is 9.59 Å². The number of nitrogens with one attached hydrogen (secondary N) is 1. The first-order valence-electron chi connectivity index (χ1n) is 8.80. The average molecular weight is 391 g/mol. The van der Waals surface area contributed by atoms with E-state index >= 15 is 0 Å². The number of carbonyl (C=O) groups excluding carboxylic acids is 2. The van der Waals surface area contributed by atoms with Crippen molar-refractivity contribution in [2.75, 3.05) is 26.2 Å². The lowest BCUT2D eigenvalue weighted by Gasteiger charge is -2.36. The molecule has 0 unspecified atom stereocenters. The van der Waals surface area contributed by atoms with Crippen LogP contribution in [0.1, 0.15) is 66.2 Å². The third-order valence-corrected chi connectivity index (χ3v) is 4.13. The maximum atomic E-state index is 10.7. The van der Waals surface area contributed by atoms with Crippen molar-refractivity contribution in [2.24, 2.45) is 0 Å². The highest BCUT2D eigenvalue weighted by atomic mass is 79.9. The predicted octanol–water partition coefficient (Wildman–Crippen LogP) is 3.57. The zero-order chi connectivity index (χ0) is 17.8. The van der Waals surface area contributed by atoms with E-state index in [0.29, 0.717) is 0 Å². The van der Waals surface area contributed by atoms with Crippen molar-refractivity contribution in [1.29, 1.82) is 0 Å². The number of likely N-dealkylation sites (tertiary alicyclic amines) is 1. The van der Waals surface area contributed by atoms with Crippen LogP contribution in [-0.2, 0) is 9.59 Å². The molecule has 0 aromatic heterocycles. The van der Waals surface area contributed by atoms with Crippen LogP contribution in [0.25, 0.3) is 0 Å². The van der Waals surface area contributed by atoms with E-state index in [-0.39, 0.29) is 9.86 Å². The third kappa shape index (κ3) is 12.8. The monoisotopic (exact) mass is 390 g/mol. The Kier molecular flexibility index (Phi) is 12.0. The molecule has 0 aliphatic carbocycles. The maximum absolute atomic E-state index is 10.7. The fourth-order valence-electron chi connectivity index (χ4n) is 2.35. The SMILES string of the molecule is C1CCNCC1.CC(C)(Br)C=O.CC(C)(C=O)N1CCCCC1. The van der Waals surface area contributed by atoms with Gasteiger partial charge in [-0.25, -0.2) is 0 Å². The Hall–Kier alpha value is -0.260. The summed E-state index contributed by atoms with van der Waals surface area (Å²) in [6, 6.07) is 0. The largest absolute Gasteiger partial charge is 0.317 e. The lowest BCUT2D eigenvalue weighted by atomic mass is 10.0. The molecule has 0 saturated carbocycles. The molecule has 2 aliphatic rings. The summed E-state index contributed by atoms with van der Waals surface area (Å²) < 4.78 is -0.326. The second kappa shape index (κ2) is 12.2. The Morgan fingerprint density at radius 1 is 0.826 bits per heavy atom. The smallest absolute Gasteiger partial charge is 0.139 e. The number of piperidine rings is 2. The van der Waals surface area contributed by atoms with Crippen LogP contribution in [0.5, 0.6) is 0 Å². The summed E-state index contributed by atoms with van der Waals surface area (Å²) in [5.41, 5.74) is -0.236. The van der Waals surface area contributed by atoms with Gasteiger partial charge in [-0.15, -0.1) is 0 Å². The van der Waals surface area contributed by atoms with Gasteiger partial charge in [-0.2, -0.15) is 0 Å². The fraction of sp³-hybridized carbons (Fsp3) is 0.889. The zero-order valence-electron chi connectivity index (χ0n) is 15.4. The lowest BCUT2D eigenvalue weighted by molar-refractivity contribution is -0.117. The molecule has 0 spiro atoms. The first-order chi connectivity index (χ1) is 10.7. The number of halogens is 1. The number of nitrogens with zero attached hydrogens (tertiary/aromatic N) is 1. The number of rotatable bonds is 3. The maximum Gasteiger partial charge on any atom is 0.139 e. The summed E-state index contributed by atoms with van der Waals surface area (Å²) in [7, 11) is 0. The second-order valence-corrected chi connectivity index (χ2v) is 9.36. The molecular weight excluding hydrogens is 356 g/mol. The van der Waals surface area contributed by atoms with Gasteiger partial charge in [0, 0.05) is 0 Å². The minimum absolute atomic E-state index is 0.236. The van der Waals surface area contributed by atoms with Crippen molar-refractivity contribution in [3.63, 3.8) is 0 Å². The van der Waals surface area contributed by atoms with Gasteiger partial charge in [-0.05, 0) is 79.6 Å². The molecule has 4 nitrogen and oxygen atoms in total. The predicted molar refractivity (Wildman–Crippen MR) is 101 cm³/mol. The zero-order valence-corrected chi connectivity index (χ0v) is 17.0.